The van der Waals surface area contributed by atoms with Crippen LogP contribution in [0.2, 0.25) is 0 Å². The number of hydrogen-bond acceptors (Lipinski definition) is 8. The molecule has 0 aliphatic heterocycles. The lowest BCUT2D eigenvalue weighted by Crippen LogP contribution is -1.99. The molecule has 0 saturated carbocycles. The molecule has 12 nitrogen and oxygen atoms in total. The molecule has 3 rings (SSSR count). The molecular formula is C16H12N6O6. The van der Waals surface area contributed by atoms with Crippen LogP contribution in [0.5, 0.6) is 0 Å². The monoisotopic (exact) mass is 384 g/mol. The van der Waals surface area contributed by atoms with Gasteiger partial charge in [0.1, 0.15) is 5.69 Å². The van der Waals surface area contributed by atoms with E-state index in [1.165, 1.54) is 24.4 Å². The molecule has 0 aliphatic carbocycles. The Hall–Kier alpha value is -4.35. The van der Waals surface area contributed by atoms with Crippen molar-refractivity contribution in [1.82, 2.24) is 4.98 Å². The SMILES string of the molecule is Cc1[nH]c2cc([N+](=O)[O-])ccc2c1/C=N\Nc1ccc([N+](=O)[O-])cc1[N+](=O)[O-]. The van der Waals surface area contributed by atoms with Crippen molar-refractivity contribution in [1.29, 1.82) is 0 Å². The lowest BCUT2D eigenvalue weighted by atomic mass is 10.1. The van der Waals surface area contributed by atoms with Crippen LogP contribution in [0.25, 0.3) is 10.9 Å². The summed E-state index contributed by atoms with van der Waals surface area (Å²) in [6.45, 7) is 1.75. The summed E-state index contributed by atoms with van der Waals surface area (Å²) < 4.78 is 0. The Morgan fingerprint density at radius 1 is 0.964 bits per heavy atom. The van der Waals surface area contributed by atoms with Gasteiger partial charge in [-0.05, 0) is 19.1 Å². The second kappa shape index (κ2) is 7.11. The first-order chi connectivity index (χ1) is 13.3. The summed E-state index contributed by atoms with van der Waals surface area (Å²) in [4.78, 5) is 33.8. The van der Waals surface area contributed by atoms with Crippen LogP contribution in [0.1, 0.15) is 11.3 Å². The van der Waals surface area contributed by atoms with E-state index in [-0.39, 0.29) is 11.4 Å². The Morgan fingerprint density at radius 2 is 1.61 bits per heavy atom. The maximum Gasteiger partial charge on any atom is 0.301 e. The van der Waals surface area contributed by atoms with E-state index < -0.39 is 26.1 Å². The molecule has 28 heavy (non-hydrogen) atoms. The van der Waals surface area contributed by atoms with Gasteiger partial charge in [0.15, 0.2) is 0 Å². The number of aromatic nitrogens is 1. The summed E-state index contributed by atoms with van der Waals surface area (Å²) in [6, 6.07) is 7.50. The number of hydrogen-bond donors (Lipinski definition) is 2. The number of benzene rings is 2. The highest BCUT2D eigenvalue weighted by molar-refractivity contribution is 6.01. The average Bonchev–Trinajstić information content (AvgIpc) is 2.96. The third-order valence-corrected chi connectivity index (χ3v) is 4.00. The third-order valence-electron chi connectivity index (χ3n) is 4.00. The van der Waals surface area contributed by atoms with Gasteiger partial charge in [0.25, 0.3) is 11.4 Å². The molecule has 2 aromatic carbocycles. The number of H-pyrrole nitrogens is 1. The summed E-state index contributed by atoms with van der Waals surface area (Å²) >= 11 is 0. The van der Waals surface area contributed by atoms with Crippen molar-refractivity contribution in [2.24, 2.45) is 5.10 Å². The molecule has 0 spiro atoms. The Labute approximate surface area is 155 Å². The van der Waals surface area contributed by atoms with Crippen LogP contribution < -0.4 is 5.43 Å². The van der Waals surface area contributed by atoms with E-state index in [9.17, 15) is 30.3 Å². The van der Waals surface area contributed by atoms with E-state index in [1.807, 2.05) is 0 Å². The fourth-order valence-electron chi connectivity index (χ4n) is 2.67. The fraction of sp³-hybridized carbons (Fsp3) is 0.0625. The van der Waals surface area contributed by atoms with Gasteiger partial charge in [-0.2, -0.15) is 5.10 Å². The molecule has 0 saturated heterocycles. The molecule has 142 valence electrons. The number of non-ortho nitro benzene ring substituents is 2. The minimum Gasteiger partial charge on any atom is -0.358 e. The smallest absolute Gasteiger partial charge is 0.301 e. The molecule has 3 aromatic rings. The van der Waals surface area contributed by atoms with E-state index in [0.29, 0.717) is 22.2 Å². The van der Waals surface area contributed by atoms with Crippen LogP contribution in [-0.4, -0.2) is 26.0 Å². The molecule has 0 bridgehead atoms. The van der Waals surface area contributed by atoms with Gasteiger partial charge >= 0.3 is 5.69 Å². The van der Waals surface area contributed by atoms with E-state index in [2.05, 4.69) is 15.5 Å². The number of nitrogens with one attached hydrogen (secondary N) is 2. The minimum atomic E-state index is -0.749. The number of nitro groups is 3. The van der Waals surface area contributed by atoms with Gasteiger partial charge in [0.05, 0.1) is 32.6 Å². The molecule has 1 aromatic heterocycles. The lowest BCUT2D eigenvalue weighted by Gasteiger charge is -2.02. The van der Waals surface area contributed by atoms with Crippen molar-refractivity contribution < 1.29 is 14.8 Å². The zero-order valence-corrected chi connectivity index (χ0v) is 14.3. The van der Waals surface area contributed by atoms with Crippen LogP contribution in [0.3, 0.4) is 0 Å². The minimum absolute atomic E-state index is 0.0139. The number of anilines is 1. The Morgan fingerprint density at radius 3 is 2.25 bits per heavy atom. The Balaban J connectivity index is 1.91. The normalized spacial score (nSPS) is 11.0. The maximum absolute atomic E-state index is 11.1. The largest absolute Gasteiger partial charge is 0.358 e. The lowest BCUT2D eigenvalue weighted by molar-refractivity contribution is -0.393. The summed E-state index contributed by atoms with van der Waals surface area (Å²) in [5.41, 5.74) is 3.42. The van der Waals surface area contributed by atoms with Crippen molar-refractivity contribution in [3.63, 3.8) is 0 Å². The highest BCUT2D eigenvalue weighted by Crippen LogP contribution is 2.29. The number of aromatic amines is 1. The summed E-state index contributed by atoms with van der Waals surface area (Å²) in [5, 5.41) is 37.4. The number of fused-ring (bicyclic) bond motifs is 1. The maximum atomic E-state index is 11.1. The van der Waals surface area contributed by atoms with E-state index in [1.54, 1.807) is 13.0 Å². The summed E-state index contributed by atoms with van der Waals surface area (Å²) in [7, 11) is 0. The first kappa shape index (κ1) is 18.4. The van der Waals surface area contributed by atoms with E-state index >= 15 is 0 Å². The molecule has 0 radical (unpaired) electrons. The molecule has 0 amide bonds. The van der Waals surface area contributed by atoms with Gasteiger partial charge in [-0.3, -0.25) is 35.8 Å². The van der Waals surface area contributed by atoms with Crippen molar-refractivity contribution in [3.8, 4) is 0 Å². The fourth-order valence-corrected chi connectivity index (χ4v) is 2.67. The molecule has 2 N–H and O–H groups in total. The van der Waals surface area contributed by atoms with Crippen LogP contribution in [0.4, 0.5) is 22.7 Å². The topological polar surface area (TPSA) is 170 Å². The molecular weight excluding hydrogens is 372 g/mol. The summed E-state index contributed by atoms with van der Waals surface area (Å²) in [6.07, 6.45) is 1.41. The number of hydrazone groups is 1. The van der Waals surface area contributed by atoms with Crippen LogP contribution >= 0.6 is 0 Å². The van der Waals surface area contributed by atoms with Crippen LogP contribution in [0, 0.1) is 37.3 Å². The predicted molar refractivity (Wildman–Crippen MR) is 101 cm³/mol. The van der Waals surface area contributed by atoms with Gasteiger partial charge in [-0.15, -0.1) is 0 Å². The van der Waals surface area contributed by atoms with Crippen molar-refractivity contribution in [2.75, 3.05) is 5.43 Å². The van der Waals surface area contributed by atoms with Crippen molar-refractivity contribution in [2.45, 2.75) is 6.92 Å². The highest BCUT2D eigenvalue weighted by atomic mass is 16.6. The molecule has 0 unspecified atom stereocenters. The quantitative estimate of drug-likeness (QED) is 0.371. The van der Waals surface area contributed by atoms with Crippen molar-refractivity contribution in [3.05, 3.63) is 78.0 Å². The second-order valence-electron chi connectivity index (χ2n) is 5.74. The standard InChI is InChI=1S/C16H12N6O6/c1-9-13(12-4-2-10(20(23)24)6-15(12)18-9)8-17-19-14-5-3-11(21(25)26)7-16(14)22(27)28/h2-8,18-19H,1H3/b17-8-. The number of aryl methyl sites for hydroxylation is 1. The molecule has 0 atom stereocenters. The van der Waals surface area contributed by atoms with Gasteiger partial charge in [-0.25, -0.2) is 0 Å². The summed E-state index contributed by atoms with van der Waals surface area (Å²) in [5.74, 6) is 0. The average molecular weight is 384 g/mol. The highest BCUT2D eigenvalue weighted by Gasteiger charge is 2.19. The van der Waals surface area contributed by atoms with Crippen LogP contribution in [-0.2, 0) is 0 Å². The van der Waals surface area contributed by atoms with Gasteiger partial charge in [0, 0.05) is 34.8 Å². The number of nitro benzene ring substituents is 3. The third kappa shape index (κ3) is 3.46. The zero-order valence-electron chi connectivity index (χ0n) is 14.3. The van der Waals surface area contributed by atoms with Crippen LogP contribution in [0.15, 0.2) is 41.5 Å². The number of nitrogens with zero attached hydrogens (tertiary/aromatic N) is 4. The van der Waals surface area contributed by atoms with Gasteiger partial charge in [-0.1, -0.05) is 0 Å². The van der Waals surface area contributed by atoms with E-state index in [4.69, 9.17) is 0 Å². The Kier molecular flexibility index (Phi) is 4.68. The number of rotatable bonds is 6. The molecule has 0 aliphatic rings. The first-order valence-corrected chi connectivity index (χ1v) is 7.76. The molecule has 12 heteroatoms. The molecule has 1 heterocycles. The van der Waals surface area contributed by atoms with E-state index in [0.717, 1.165) is 12.1 Å². The van der Waals surface area contributed by atoms with Gasteiger partial charge < -0.3 is 4.98 Å². The Bertz CT molecular complexity index is 1150. The van der Waals surface area contributed by atoms with Gasteiger partial charge in [0.2, 0.25) is 0 Å². The van der Waals surface area contributed by atoms with Crippen molar-refractivity contribution >= 4 is 39.9 Å². The zero-order chi connectivity index (χ0) is 20.4. The molecule has 0 fully saturated rings. The second-order valence-corrected chi connectivity index (χ2v) is 5.74. The first-order valence-electron chi connectivity index (χ1n) is 7.76. The predicted octanol–water partition coefficient (Wildman–Crippen LogP) is 3.65.